The summed E-state index contributed by atoms with van der Waals surface area (Å²) in [5.74, 6) is 1.44. The molecule has 0 spiro atoms. The first-order chi connectivity index (χ1) is 10.0. The van der Waals surface area contributed by atoms with Crippen LogP contribution in [0.15, 0.2) is 39.3 Å². The fourth-order valence-corrected chi connectivity index (χ4v) is 2.99. The molecule has 1 N–H and O–H groups in total. The first kappa shape index (κ1) is 16.2. The van der Waals surface area contributed by atoms with Gasteiger partial charge in [0, 0.05) is 21.2 Å². The minimum Gasteiger partial charge on any atom is -0.493 e. The molecule has 0 saturated heterocycles. The number of rotatable bonds is 5. The zero-order chi connectivity index (χ0) is 15.4. The lowest BCUT2D eigenvalue weighted by molar-refractivity contribution is 0.354. The molecule has 0 aliphatic rings. The molecule has 0 unspecified atom stereocenters. The van der Waals surface area contributed by atoms with Gasteiger partial charge in [-0.05, 0) is 48.4 Å². The normalized spacial score (nSPS) is 10.3. The summed E-state index contributed by atoms with van der Waals surface area (Å²) in [6.45, 7) is 2.78. The Morgan fingerprint density at radius 3 is 2.29 bits per heavy atom. The van der Waals surface area contributed by atoms with E-state index < -0.39 is 0 Å². The Kier molecular flexibility index (Phi) is 5.53. The molecule has 0 fully saturated rings. The van der Waals surface area contributed by atoms with Crippen LogP contribution in [0.25, 0.3) is 0 Å². The van der Waals surface area contributed by atoms with Crippen molar-refractivity contribution in [2.24, 2.45) is 0 Å². The monoisotopic (exact) mass is 413 g/mol. The highest BCUT2D eigenvalue weighted by Gasteiger charge is 2.09. The van der Waals surface area contributed by atoms with Gasteiger partial charge >= 0.3 is 0 Å². The van der Waals surface area contributed by atoms with Crippen LogP contribution in [-0.4, -0.2) is 14.2 Å². The molecule has 2 aromatic carbocycles. The van der Waals surface area contributed by atoms with Crippen LogP contribution in [0, 0.1) is 6.92 Å². The van der Waals surface area contributed by atoms with E-state index in [0.29, 0.717) is 12.3 Å². The van der Waals surface area contributed by atoms with Gasteiger partial charge in [0.25, 0.3) is 0 Å². The van der Waals surface area contributed by atoms with Crippen molar-refractivity contribution in [3.8, 4) is 11.5 Å². The summed E-state index contributed by atoms with van der Waals surface area (Å²) >= 11 is 7.04. The molecule has 3 nitrogen and oxygen atoms in total. The van der Waals surface area contributed by atoms with E-state index >= 15 is 0 Å². The molecule has 2 rings (SSSR count). The molecule has 0 heterocycles. The number of halogens is 2. The van der Waals surface area contributed by atoms with Crippen molar-refractivity contribution in [1.29, 1.82) is 0 Å². The van der Waals surface area contributed by atoms with Crippen molar-refractivity contribution in [3.05, 3.63) is 50.4 Å². The molecule has 0 saturated carbocycles. The predicted octanol–water partition coefficient (Wildman–Crippen LogP) is 5.15. The van der Waals surface area contributed by atoms with Gasteiger partial charge in [-0.3, -0.25) is 0 Å². The van der Waals surface area contributed by atoms with Gasteiger partial charge in [0.1, 0.15) is 0 Å². The molecule has 0 radical (unpaired) electrons. The number of methoxy groups -OCH3 is 2. The van der Waals surface area contributed by atoms with Crippen molar-refractivity contribution in [2.75, 3.05) is 19.5 Å². The van der Waals surface area contributed by atoms with E-state index in [1.807, 2.05) is 18.2 Å². The van der Waals surface area contributed by atoms with Gasteiger partial charge < -0.3 is 14.8 Å². The lowest BCUT2D eigenvalue weighted by atomic mass is 10.1. The van der Waals surface area contributed by atoms with Crippen LogP contribution in [0.3, 0.4) is 0 Å². The zero-order valence-corrected chi connectivity index (χ0v) is 15.3. The van der Waals surface area contributed by atoms with Gasteiger partial charge in [-0.2, -0.15) is 0 Å². The first-order valence-electron chi connectivity index (χ1n) is 6.45. The number of anilines is 1. The van der Waals surface area contributed by atoms with Crippen LogP contribution < -0.4 is 14.8 Å². The zero-order valence-electron chi connectivity index (χ0n) is 12.2. The molecule has 112 valence electrons. The minimum atomic E-state index is 0.698. The molecule has 5 heteroatoms. The standard InChI is InChI=1S/C16H17Br2NO2/c1-10-6-12(17)4-5-14(10)19-9-11-7-15(20-2)16(21-3)8-13(11)18/h4-8,19H,9H2,1-3H3. The molecular formula is C16H17Br2NO2. The van der Waals surface area contributed by atoms with E-state index in [2.05, 4.69) is 56.2 Å². The van der Waals surface area contributed by atoms with Gasteiger partial charge in [0.05, 0.1) is 14.2 Å². The highest BCUT2D eigenvalue weighted by atomic mass is 79.9. The fraction of sp³-hybridized carbons (Fsp3) is 0.250. The van der Waals surface area contributed by atoms with E-state index in [0.717, 1.165) is 25.9 Å². The molecule has 21 heavy (non-hydrogen) atoms. The third-order valence-corrected chi connectivity index (χ3v) is 4.44. The SMILES string of the molecule is COc1cc(Br)c(CNc2ccc(Br)cc2C)cc1OC. The van der Waals surface area contributed by atoms with Gasteiger partial charge in [-0.15, -0.1) is 0 Å². The van der Waals surface area contributed by atoms with Crippen molar-refractivity contribution < 1.29 is 9.47 Å². The summed E-state index contributed by atoms with van der Waals surface area (Å²) in [6, 6.07) is 10.1. The molecule has 0 bridgehead atoms. The Morgan fingerprint density at radius 1 is 1.00 bits per heavy atom. The Hall–Kier alpha value is -1.20. The summed E-state index contributed by atoms with van der Waals surface area (Å²) in [4.78, 5) is 0. The third-order valence-electron chi connectivity index (χ3n) is 3.21. The number of aryl methyl sites for hydroxylation is 1. The number of nitrogens with one attached hydrogen (secondary N) is 1. The largest absolute Gasteiger partial charge is 0.493 e. The van der Waals surface area contributed by atoms with Gasteiger partial charge in [0.2, 0.25) is 0 Å². The van der Waals surface area contributed by atoms with Gasteiger partial charge in [0.15, 0.2) is 11.5 Å². The molecule has 2 aromatic rings. The lowest BCUT2D eigenvalue weighted by Gasteiger charge is -2.14. The maximum atomic E-state index is 5.34. The van der Waals surface area contributed by atoms with Crippen molar-refractivity contribution >= 4 is 37.5 Å². The molecule has 0 aromatic heterocycles. The second-order valence-electron chi connectivity index (χ2n) is 4.61. The van der Waals surface area contributed by atoms with E-state index in [-0.39, 0.29) is 0 Å². The van der Waals surface area contributed by atoms with Crippen LogP contribution in [-0.2, 0) is 6.54 Å². The summed E-state index contributed by atoms with van der Waals surface area (Å²) in [6.07, 6.45) is 0. The first-order valence-corrected chi connectivity index (χ1v) is 8.04. The molecule has 0 amide bonds. The summed E-state index contributed by atoms with van der Waals surface area (Å²) < 4.78 is 12.7. The molecule has 0 atom stereocenters. The topological polar surface area (TPSA) is 30.5 Å². The maximum absolute atomic E-state index is 5.34. The Balaban J connectivity index is 2.19. The highest BCUT2D eigenvalue weighted by Crippen LogP contribution is 2.33. The number of benzene rings is 2. The van der Waals surface area contributed by atoms with Gasteiger partial charge in [-0.25, -0.2) is 0 Å². The minimum absolute atomic E-state index is 0.698. The molecule has 0 aliphatic carbocycles. The van der Waals surface area contributed by atoms with Crippen LogP contribution in [0.2, 0.25) is 0 Å². The average Bonchev–Trinajstić information content (AvgIpc) is 2.47. The number of hydrogen-bond acceptors (Lipinski definition) is 3. The molecule has 0 aliphatic heterocycles. The van der Waals surface area contributed by atoms with Crippen LogP contribution in [0.4, 0.5) is 5.69 Å². The van der Waals surface area contributed by atoms with Crippen molar-refractivity contribution in [2.45, 2.75) is 13.5 Å². The van der Waals surface area contributed by atoms with Crippen LogP contribution >= 0.6 is 31.9 Å². The second kappa shape index (κ2) is 7.18. The quantitative estimate of drug-likeness (QED) is 0.733. The van der Waals surface area contributed by atoms with E-state index in [1.165, 1.54) is 5.56 Å². The van der Waals surface area contributed by atoms with E-state index in [4.69, 9.17) is 9.47 Å². The van der Waals surface area contributed by atoms with E-state index in [9.17, 15) is 0 Å². The number of hydrogen-bond donors (Lipinski definition) is 1. The summed E-state index contributed by atoms with van der Waals surface area (Å²) in [7, 11) is 3.27. The fourth-order valence-electron chi connectivity index (χ4n) is 2.05. The summed E-state index contributed by atoms with van der Waals surface area (Å²) in [5.41, 5.74) is 3.41. The predicted molar refractivity (Wildman–Crippen MR) is 93.5 cm³/mol. The highest BCUT2D eigenvalue weighted by molar-refractivity contribution is 9.10. The Bertz CT molecular complexity index is 644. The Labute approximate surface area is 141 Å². The van der Waals surface area contributed by atoms with Crippen LogP contribution in [0.1, 0.15) is 11.1 Å². The Morgan fingerprint density at radius 2 is 1.67 bits per heavy atom. The average molecular weight is 415 g/mol. The van der Waals surface area contributed by atoms with Crippen LogP contribution in [0.5, 0.6) is 11.5 Å². The van der Waals surface area contributed by atoms with Crippen molar-refractivity contribution in [3.63, 3.8) is 0 Å². The van der Waals surface area contributed by atoms with Crippen molar-refractivity contribution in [1.82, 2.24) is 0 Å². The smallest absolute Gasteiger partial charge is 0.161 e. The van der Waals surface area contributed by atoms with Gasteiger partial charge in [-0.1, -0.05) is 31.9 Å². The molecular weight excluding hydrogens is 398 g/mol. The lowest BCUT2D eigenvalue weighted by Crippen LogP contribution is -2.03. The summed E-state index contributed by atoms with van der Waals surface area (Å²) in [5, 5.41) is 3.44. The van der Waals surface area contributed by atoms with E-state index in [1.54, 1.807) is 14.2 Å². The second-order valence-corrected chi connectivity index (χ2v) is 6.38. The maximum Gasteiger partial charge on any atom is 0.161 e. The third kappa shape index (κ3) is 3.92. The number of ether oxygens (including phenoxy) is 2.